The molecule has 0 amide bonds. The number of fused-ring (bicyclic) bond motifs is 1. The third kappa shape index (κ3) is 5.10. The van der Waals surface area contributed by atoms with Crippen molar-refractivity contribution in [2.75, 3.05) is 0 Å². The van der Waals surface area contributed by atoms with Crippen LogP contribution < -0.4 is 4.52 Å². The summed E-state index contributed by atoms with van der Waals surface area (Å²) in [4.78, 5) is 9.20. The molecule has 2 atom stereocenters. The number of hydrogen-bond acceptors (Lipinski definition) is 4. The third-order valence-electron chi connectivity index (χ3n) is 5.13. The number of benzene rings is 3. The molecule has 0 bridgehead atoms. The molecule has 1 heterocycles. The van der Waals surface area contributed by atoms with Gasteiger partial charge in [-0.1, -0.05) is 41.6 Å². The van der Waals surface area contributed by atoms with E-state index in [0.717, 1.165) is 12.1 Å². The monoisotopic (exact) mass is 497 g/mol. The van der Waals surface area contributed by atoms with E-state index in [1.54, 1.807) is 28.9 Å². The second-order valence-electron chi connectivity index (χ2n) is 7.44. The molecule has 0 aliphatic heterocycles. The van der Waals surface area contributed by atoms with Gasteiger partial charge in [-0.25, -0.2) is 9.25 Å². The molecule has 6 nitrogen and oxygen atoms in total. The molecule has 4 rings (SSSR count). The third-order valence-corrected chi connectivity index (χ3v) is 6.10. The van der Waals surface area contributed by atoms with E-state index < -0.39 is 31.5 Å². The van der Waals surface area contributed by atoms with Crippen molar-refractivity contribution in [3.05, 3.63) is 89.5 Å². The largest absolute Gasteiger partial charge is 0.442 e. The van der Waals surface area contributed by atoms with Gasteiger partial charge in [-0.3, -0.25) is 0 Å². The Morgan fingerprint density at radius 1 is 0.971 bits per heavy atom. The zero-order chi connectivity index (χ0) is 24.5. The molecule has 1 aromatic heterocycles. The average molecular weight is 497 g/mol. The average Bonchev–Trinajstić information content (AvgIpc) is 3.22. The molecule has 0 saturated heterocycles. The van der Waals surface area contributed by atoms with Crippen LogP contribution in [-0.2, 0) is 17.2 Å². The second-order valence-corrected chi connectivity index (χ2v) is 9.14. The van der Waals surface area contributed by atoms with Crippen LogP contribution in [0.25, 0.3) is 11.0 Å². The van der Waals surface area contributed by atoms with Gasteiger partial charge in [0.2, 0.25) is 0 Å². The van der Waals surface area contributed by atoms with Crippen molar-refractivity contribution in [2.24, 2.45) is 0 Å². The zero-order valence-corrected chi connectivity index (χ0v) is 18.1. The summed E-state index contributed by atoms with van der Waals surface area (Å²) in [7, 11) is -5.11. The van der Waals surface area contributed by atoms with Gasteiger partial charge in [0.1, 0.15) is 11.3 Å². The SMILES string of the molecule is O=P(O)(Oc1ccc(CC(c2ccc(C(F)(F)F)cc2)n2nnc3ccccc32)cc1)C(F)F. The number of rotatable bonds is 7. The van der Waals surface area contributed by atoms with Crippen LogP contribution in [0.5, 0.6) is 5.75 Å². The van der Waals surface area contributed by atoms with Gasteiger partial charge in [0.25, 0.3) is 0 Å². The summed E-state index contributed by atoms with van der Waals surface area (Å²) in [5, 5.41) is 8.31. The van der Waals surface area contributed by atoms with Crippen molar-refractivity contribution in [1.82, 2.24) is 15.0 Å². The number of hydrogen-bond donors (Lipinski definition) is 1. The van der Waals surface area contributed by atoms with Crippen molar-refractivity contribution < 1.29 is 35.9 Å². The number of para-hydroxylation sites is 1. The van der Waals surface area contributed by atoms with E-state index in [2.05, 4.69) is 14.8 Å². The predicted octanol–water partition coefficient (Wildman–Crippen LogP) is 6.07. The minimum absolute atomic E-state index is 0.216. The van der Waals surface area contributed by atoms with Crippen LogP contribution in [0.2, 0.25) is 0 Å². The van der Waals surface area contributed by atoms with Crippen LogP contribution in [0, 0.1) is 0 Å². The molecule has 3 aromatic carbocycles. The first-order valence-corrected chi connectivity index (χ1v) is 11.6. The lowest BCUT2D eigenvalue weighted by Crippen LogP contribution is -2.16. The Morgan fingerprint density at radius 3 is 2.24 bits per heavy atom. The molecule has 0 saturated carbocycles. The maximum Gasteiger partial charge on any atom is 0.442 e. The molecule has 0 spiro atoms. The minimum Gasteiger partial charge on any atom is -0.421 e. The van der Waals surface area contributed by atoms with Gasteiger partial charge in [0.15, 0.2) is 0 Å². The Labute approximate surface area is 190 Å². The molecular weight excluding hydrogens is 480 g/mol. The molecule has 4 aromatic rings. The Bertz CT molecular complexity index is 1320. The van der Waals surface area contributed by atoms with Crippen LogP contribution >= 0.6 is 7.60 Å². The van der Waals surface area contributed by atoms with Crippen molar-refractivity contribution in [3.8, 4) is 5.75 Å². The smallest absolute Gasteiger partial charge is 0.421 e. The molecule has 178 valence electrons. The topological polar surface area (TPSA) is 77.2 Å². The Morgan fingerprint density at radius 2 is 1.62 bits per heavy atom. The number of aromatic nitrogens is 3. The lowest BCUT2D eigenvalue weighted by molar-refractivity contribution is -0.137. The maximum absolute atomic E-state index is 13.0. The molecule has 1 N–H and O–H groups in total. The first kappa shape index (κ1) is 23.8. The molecule has 12 heteroatoms. The number of alkyl halides is 5. The maximum atomic E-state index is 13.0. The summed E-state index contributed by atoms with van der Waals surface area (Å²) >= 11 is 0. The highest BCUT2D eigenvalue weighted by Gasteiger charge is 2.34. The quantitative estimate of drug-likeness (QED) is 0.248. The van der Waals surface area contributed by atoms with Gasteiger partial charge in [0, 0.05) is 0 Å². The highest BCUT2D eigenvalue weighted by Crippen LogP contribution is 2.49. The second kappa shape index (κ2) is 9.15. The molecule has 0 fully saturated rings. The zero-order valence-electron chi connectivity index (χ0n) is 17.2. The Kier molecular flexibility index (Phi) is 6.42. The summed E-state index contributed by atoms with van der Waals surface area (Å²) in [6.45, 7) is 0. The summed E-state index contributed by atoms with van der Waals surface area (Å²) in [6.07, 6.45) is -7.77. The van der Waals surface area contributed by atoms with E-state index in [1.807, 2.05) is 0 Å². The first-order valence-electron chi connectivity index (χ1n) is 9.91. The lowest BCUT2D eigenvalue weighted by atomic mass is 9.97. The fourth-order valence-electron chi connectivity index (χ4n) is 3.46. The van der Waals surface area contributed by atoms with Gasteiger partial charge in [-0.2, -0.15) is 22.0 Å². The molecule has 0 aliphatic rings. The highest BCUT2D eigenvalue weighted by molar-refractivity contribution is 7.53. The van der Waals surface area contributed by atoms with E-state index in [9.17, 15) is 31.4 Å². The first-order chi connectivity index (χ1) is 16.0. The number of halogens is 5. The minimum atomic E-state index is -5.11. The summed E-state index contributed by atoms with van der Waals surface area (Å²) in [5.74, 6) is -0.216. The summed E-state index contributed by atoms with van der Waals surface area (Å²) in [5.41, 5.74) is 1.69. The summed E-state index contributed by atoms with van der Waals surface area (Å²) < 4.78 is 81.8. The van der Waals surface area contributed by atoms with Crippen molar-refractivity contribution in [3.63, 3.8) is 0 Å². The van der Waals surface area contributed by atoms with E-state index in [4.69, 9.17) is 0 Å². The van der Waals surface area contributed by atoms with Crippen molar-refractivity contribution >= 4 is 18.6 Å². The fourth-order valence-corrected chi connectivity index (χ4v) is 3.96. The van der Waals surface area contributed by atoms with Crippen molar-refractivity contribution in [1.29, 1.82) is 0 Å². The van der Waals surface area contributed by atoms with Gasteiger partial charge in [0.05, 0.1) is 17.1 Å². The highest BCUT2D eigenvalue weighted by atomic mass is 31.2. The number of nitrogens with zero attached hydrogens (tertiary/aromatic N) is 3. The van der Waals surface area contributed by atoms with Crippen LogP contribution in [0.15, 0.2) is 72.8 Å². The van der Waals surface area contributed by atoms with E-state index in [-0.39, 0.29) is 12.2 Å². The van der Waals surface area contributed by atoms with Crippen LogP contribution in [0.4, 0.5) is 22.0 Å². The van der Waals surface area contributed by atoms with Crippen LogP contribution in [0.3, 0.4) is 0 Å². The van der Waals surface area contributed by atoms with E-state index in [0.29, 0.717) is 22.2 Å². The Hall–Kier alpha value is -3.30. The molecule has 2 unspecified atom stereocenters. The van der Waals surface area contributed by atoms with E-state index in [1.165, 1.54) is 36.4 Å². The van der Waals surface area contributed by atoms with Crippen LogP contribution in [0.1, 0.15) is 22.7 Å². The van der Waals surface area contributed by atoms with Crippen molar-refractivity contribution in [2.45, 2.75) is 24.8 Å². The lowest BCUT2D eigenvalue weighted by Gasteiger charge is -2.20. The van der Waals surface area contributed by atoms with Gasteiger partial charge in [-0.05, 0) is 53.9 Å². The standard InChI is InChI=1S/C22H17F5N3O3P/c23-21(24)34(31,32)33-17-11-5-14(6-12-17)13-20(15-7-9-16(10-8-15)22(25,26)27)30-19-4-2-1-3-18(19)28-29-30/h1-12,20-21H,13H2,(H,31,32). The molecule has 34 heavy (non-hydrogen) atoms. The molecular formula is C22H17F5N3O3P. The Balaban J connectivity index is 1.67. The van der Waals surface area contributed by atoms with Gasteiger partial charge in [-0.15, -0.1) is 5.10 Å². The summed E-state index contributed by atoms with van der Waals surface area (Å²) in [6, 6.07) is 16.8. The van der Waals surface area contributed by atoms with Gasteiger partial charge < -0.3 is 9.42 Å². The van der Waals surface area contributed by atoms with Crippen LogP contribution in [-0.4, -0.2) is 26.1 Å². The van der Waals surface area contributed by atoms with E-state index >= 15 is 0 Å². The predicted molar refractivity (Wildman–Crippen MR) is 114 cm³/mol. The van der Waals surface area contributed by atoms with Gasteiger partial charge >= 0.3 is 19.9 Å². The molecule has 0 radical (unpaired) electrons. The normalized spacial score (nSPS) is 14.8. The molecule has 0 aliphatic carbocycles. The fraction of sp³-hybridized carbons (Fsp3) is 0.182.